The van der Waals surface area contributed by atoms with Gasteiger partial charge in [-0.3, -0.25) is 0 Å². The molecule has 0 saturated heterocycles. The van der Waals surface area contributed by atoms with E-state index < -0.39 is 6.10 Å². The van der Waals surface area contributed by atoms with Gasteiger partial charge in [-0.2, -0.15) is 0 Å². The Bertz CT molecular complexity index is 118. The summed E-state index contributed by atoms with van der Waals surface area (Å²) >= 11 is 0. The Morgan fingerprint density at radius 1 is 1.60 bits per heavy atom. The molecule has 10 heavy (non-hydrogen) atoms. The second kappa shape index (κ2) is 4.47. The van der Waals surface area contributed by atoms with Gasteiger partial charge in [0.2, 0.25) is 0 Å². The summed E-state index contributed by atoms with van der Waals surface area (Å²) in [5, 5.41) is 18.0. The summed E-state index contributed by atoms with van der Waals surface area (Å²) in [5.74, 6) is -0.0591. The Hall–Kier alpha value is -0.340. The van der Waals surface area contributed by atoms with Crippen molar-refractivity contribution in [3.05, 3.63) is 11.6 Å². The van der Waals surface area contributed by atoms with Crippen molar-refractivity contribution in [1.29, 1.82) is 0 Å². The molecule has 2 nitrogen and oxygen atoms in total. The van der Waals surface area contributed by atoms with Crippen LogP contribution in [0.3, 0.4) is 0 Å². The van der Waals surface area contributed by atoms with Crippen molar-refractivity contribution in [3.63, 3.8) is 0 Å². The molecular formula is C8H16O2. The molecule has 2 heteroatoms. The van der Waals surface area contributed by atoms with Gasteiger partial charge in [0.15, 0.2) is 0 Å². The normalized spacial score (nSPS) is 18.7. The van der Waals surface area contributed by atoms with Crippen LogP contribution in [-0.4, -0.2) is 22.9 Å². The van der Waals surface area contributed by atoms with Gasteiger partial charge in [-0.25, -0.2) is 0 Å². The van der Waals surface area contributed by atoms with E-state index in [0.29, 0.717) is 0 Å². The molecule has 0 aromatic heterocycles. The molecule has 0 unspecified atom stereocenters. The molecule has 2 atom stereocenters. The third-order valence-corrected chi connectivity index (χ3v) is 1.75. The minimum absolute atomic E-state index is 0.0341. The zero-order valence-electron chi connectivity index (χ0n) is 6.83. The van der Waals surface area contributed by atoms with Crippen molar-refractivity contribution in [2.24, 2.45) is 5.92 Å². The SMILES string of the molecule is C/C=C(\C)[C@H](O)[C@@H](C)CO. The highest BCUT2D eigenvalue weighted by molar-refractivity contribution is 5.03. The molecule has 0 spiro atoms. The van der Waals surface area contributed by atoms with E-state index in [9.17, 15) is 5.11 Å². The van der Waals surface area contributed by atoms with Gasteiger partial charge < -0.3 is 10.2 Å². The molecular weight excluding hydrogens is 128 g/mol. The molecule has 0 saturated carbocycles. The fourth-order valence-electron chi connectivity index (χ4n) is 0.719. The molecule has 0 aromatic carbocycles. The lowest BCUT2D eigenvalue weighted by Gasteiger charge is -2.16. The first-order valence-electron chi connectivity index (χ1n) is 3.55. The van der Waals surface area contributed by atoms with Crippen LogP contribution < -0.4 is 0 Å². The Morgan fingerprint density at radius 2 is 2.10 bits per heavy atom. The number of allylic oxidation sites excluding steroid dienone is 1. The minimum atomic E-state index is -0.491. The highest BCUT2D eigenvalue weighted by Gasteiger charge is 2.13. The maximum atomic E-state index is 9.36. The zero-order chi connectivity index (χ0) is 8.15. The van der Waals surface area contributed by atoms with Gasteiger partial charge in [-0.1, -0.05) is 13.0 Å². The van der Waals surface area contributed by atoms with Gasteiger partial charge in [0.1, 0.15) is 0 Å². The fraction of sp³-hybridized carbons (Fsp3) is 0.750. The Balaban J connectivity index is 3.94. The van der Waals surface area contributed by atoms with Crippen molar-refractivity contribution < 1.29 is 10.2 Å². The Labute approximate surface area is 62.2 Å². The molecule has 0 bridgehead atoms. The number of rotatable bonds is 3. The van der Waals surface area contributed by atoms with Crippen LogP contribution in [0.25, 0.3) is 0 Å². The second-order valence-corrected chi connectivity index (χ2v) is 2.64. The van der Waals surface area contributed by atoms with E-state index in [4.69, 9.17) is 5.11 Å². The molecule has 0 aliphatic heterocycles. The van der Waals surface area contributed by atoms with Crippen LogP contribution in [0.2, 0.25) is 0 Å². The van der Waals surface area contributed by atoms with Crippen LogP contribution in [0.15, 0.2) is 11.6 Å². The van der Waals surface area contributed by atoms with Crippen LogP contribution in [-0.2, 0) is 0 Å². The lowest BCUT2D eigenvalue weighted by atomic mass is 9.99. The van der Waals surface area contributed by atoms with E-state index in [0.717, 1.165) is 5.57 Å². The van der Waals surface area contributed by atoms with Gasteiger partial charge in [-0.05, 0) is 19.4 Å². The first-order valence-corrected chi connectivity index (χ1v) is 3.55. The monoisotopic (exact) mass is 144 g/mol. The van der Waals surface area contributed by atoms with Gasteiger partial charge in [0, 0.05) is 12.5 Å². The summed E-state index contributed by atoms with van der Waals surface area (Å²) in [7, 11) is 0. The van der Waals surface area contributed by atoms with E-state index in [-0.39, 0.29) is 12.5 Å². The van der Waals surface area contributed by atoms with Crippen LogP contribution in [0.1, 0.15) is 20.8 Å². The summed E-state index contributed by atoms with van der Waals surface area (Å²) < 4.78 is 0. The lowest BCUT2D eigenvalue weighted by Crippen LogP contribution is -2.21. The molecule has 0 aliphatic rings. The zero-order valence-corrected chi connectivity index (χ0v) is 6.83. The minimum Gasteiger partial charge on any atom is -0.396 e. The lowest BCUT2D eigenvalue weighted by molar-refractivity contribution is 0.103. The smallest absolute Gasteiger partial charge is 0.0794 e. The highest BCUT2D eigenvalue weighted by atomic mass is 16.3. The van der Waals surface area contributed by atoms with Gasteiger partial charge >= 0.3 is 0 Å². The van der Waals surface area contributed by atoms with E-state index in [1.54, 1.807) is 0 Å². The molecule has 0 heterocycles. The van der Waals surface area contributed by atoms with Crippen molar-refractivity contribution >= 4 is 0 Å². The van der Waals surface area contributed by atoms with Crippen LogP contribution in [0.5, 0.6) is 0 Å². The largest absolute Gasteiger partial charge is 0.396 e. The molecule has 0 amide bonds. The van der Waals surface area contributed by atoms with E-state index in [2.05, 4.69) is 0 Å². The average Bonchev–Trinajstić information content (AvgIpc) is 2.00. The Morgan fingerprint density at radius 3 is 2.40 bits per heavy atom. The number of hydrogen-bond donors (Lipinski definition) is 2. The molecule has 0 rings (SSSR count). The van der Waals surface area contributed by atoms with Crippen molar-refractivity contribution in [2.45, 2.75) is 26.9 Å². The van der Waals surface area contributed by atoms with Crippen LogP contribution >= 0.6 is 0 Å². The summed E-state index contributed by atoms with van der Waals surface area (Å²) in [4.78, 5) is 0. The summed E-state index contributed by atoms with van der Waals surface area (Å²) in [6.45, 7) is 5.59. The topological polar surface area (TPSA) is 40.5 Å². The molecule has 2 N–H and O–H groups in total. The molecule has 0 fully saturated rings. The van der Waals surface area contributed by atoms with Crippen LogP contribution in [0, 0.1) is 5.92 Å². The third kappa shape index (κ3) is 2.50. The van der Waals surface area contributed by atoms with Crippen molar-refractivity contribution in [2.75, 3.05) is 6.61 Å². The maximum Gasteiger partial charge on any atom is 0.0794 e. The van der Waals surface area contributed by atoms with Crippen molar-refractivity contribution in [3.8, 4) is 0 Å². The number of aliphatic hydroxyl groups excluding tert-OH is 2. The molecule has 60 valence electrons. The van der Waals surface area contributed by atoms with Gasteiger partial charge in [-0.15, -0.1) is 0 Å². The highest BCUT2D eigenvalue weighted by Crippen LogP contribution is 2.10. The number of aliphatic hydroxyl groups is 2. The number of hydrogen-bond acceptors (Lipinski definition) is 2. The first-order chi connectivity index (χ1) is 4.63. The summed E-state index contributed by atoms with van der Waals surface area (Å²) in [5.41, 5.74) is 0.918. The fourth-order valence-corrected chi connectivity index (χ4v) is 0.719. The average molecular weight is 144 g/mol. The molecule has 0 aliphatic carbocycles. The van der Waals surface area contributed by atoms with Crippen LogP contribution in [0.4, 0.5) is 0 Å². The summed E-state index contributed by atoms with van der Waals surface area (Å²) in [6.07, 6.45) is 1.37. The standard InChI is InChI=1S/C8H16O2/c1-4-6(2)8(10)7(3)5-9/h4,7-10H,5H2,1-3H3/b6-4+/t7-,8-/m0/s1. The van der Waals surface area contributed by atoms with Gasteiger partial charge in [0.05, 0.1) is 6.10 Å². The quantitative estimate of drug-likeness (QED) is 0.579. The van der Waals surface area contributed by atoms with E-state index >= 15 is 0 Å². The van der Waals surface area contributed by atoms with E-state index in [1.165, 1.54) is 0 Å². The predicted molar refractivity (Wildman–Crippen MR) is 41.7 cm³/mol. The van der Waals surface area contributed by atoms with E-state index in [1.807, 2.05) is 26.8 Å². The maximum absolute atomic E-state index is 9.36. The summed E-state index contributed by atoms with van der Waals surface area (Å²) in [6, 6.07) is 0. The predicted octanol–water partition coefficient (Wildman–Crippen LogP) is 0.942. The third-order valence-electron chi connectivity index (χ3n) is 1.75. The molecule has 0 aromatic rings. The Kier molecular flexibility index (Phi) is 4.32. The van der Waals surface area contributed by atoms with Crippen molar-refractivity contribution in [1.82, 2.24) is 0 Å². The second-order valence-electron chi connectivity index (χ2n) is 2.64. The van der Waals surface area contributed by atoms with Gasteiger partial charge in [0.25, 0.3) is 0 Å². The molecule has 0 radical (unpaired) electrons. The first kappa shape index (κ1) is 9.66.